The molecule has 6 nitrogen and oxygen atoms in total. The molecule has 0 fully saturated rings. The molecular weight excluding hydrogens is 364 g/mol. The SMILES string of the molecule is CCOc1ccc(N(C(=O)C2=COCCO2)c2nc3ccccc3s2)cc1. The highest BCUT2D eigenvalue weighted by Gasteiger charge is 2.27. The molecule has 0 aliphatic carbocycles. The minimum absolute atomic E-state index is 0.161. The summed E-state index contributed by atoms with van der Waals surface area (Å²) in [5, 5.41) is 0.570. The first-order valence-corrected chi connectivity index (χ1v) is 9.45. The van der Waals surface area contributed by atoms with E-state index in [-0.39, 0.29) is 11.7 Å². The highest BCUT2D eigenvalue weighted by Crippen LogP contribution is 2.35. The van der Waals surface area contributed by atoms with Gasteiger partial charge in [-0.05, 0) is 43.3 Å². The van der Waals surface area contributed by atoms with Crippen LogP contribution in [-0.2, 0) is 14.3 Å². The summed E-state index contributed by atoms with van der Waals surface area (Å²) < 4.78 is 17.3. The lowest BCUT2D eigenvalue weighted by Gasteiger charge is -2.23. The van der Waals surface area contributed by atoms with Gasteiger partial charge in [-0.3, -0.25) is 4.79 Å². The number of fused-ring (bicyclic) bond motifs is 1. The first-order valence-electron chi connectivity index (χ1n) is 8.63. The molecule has 1 aliphatic rings. The molecule has 27 heavy (non-hydrogen) atoms. The van der Waals surface area contributed by atoms with Gasteiger partial charge in [-0.2, -0.15) is 0 Å². The van der Waals surface area contributed by atoms with Gasteiger partial charge in [0.25, 0.3) is 0 Å². The van der Waals surface area contributed by atoms with Crippen LogP contribution < -0.4 is 9.64 Å². The number of nitrogens with zero attached hydrogens (tertiary/aromatic N) is 2. The monoisotopic (exact) mass is 382 g/mol. The second-order valence-corrected chi connectivity index (χ2v) is 6.74. The Morgan fingerprint density at radius 3 is 2.70 bits per heavy atom. The minimum atomic E-state index is -0.321. The topological polar surface area (TPSA) is 60.9 Å². The van der Waals surface area contributed by atoms with Gasteiger partial charge in [0.15, 0.2) is 5.13 Å². The Morgan fingerprint density at radius 2 is 2.00 bits per heavy atom. The molecule has 0 saturated heterocycles. The van der Waals surface area contributed by atoms with Crippen LogP contribution >= 0.6 is 11.3 Å². The van der Waals surface area contributed by atoms with Gasteiger partial charge in [0.2, 0.25) is 5.76 Å². The van der Waals surface area contributed by atoms with Gasteiger partial charge in [-0.25, -0.2) is 9.88 Å². The smallest absolute Gasteiger partial charge is 0.302 e. The number of anilines is 2. The number of thiazole rings is 1. The predicted molar refractivity (Wildman–Crippen MR) is 104 cm³/mol. The quantitative estimate of drug-likeness (QED) is 0.660. The summed E-state index contributed by atoms with van der Waals surface area (Å²) in [5.41, 5.74) is 1.52. The summed E-state index contributed by atoms with van der Waals surface area (Å²) in [5.74, 6) is 0.585. The van der Waals surface area contributed by atoms with Crippen LogP contribution in [0.1, 0.15) is 6.92 Å². The number of para-hydroxylation sites is 1. The van der Waals surface area contributed by atoms with Crippen LogP contribution in [0.4, 0.5) is 10.8 Å². The zero-order valence-corrected chi connectivity index (χ0v) is 15.6. The first-order chi connectivity index (χ1) is 13.3. The Hall–Kier alpha value is -3.06. The molecule has 2 heterocycles. The molecule has 3 aromatic rings. The average Bonchev–Trinajstić information content (AvgIpc) is 3.14. The van der Waals surface area contributed by atoms with E-state index < -0.39 is 0 Å². The number of hydrogen-bond donors (Lipinski definition) is 0. The highest BCUT2D eigenvalue weighted by molar-refractivity contribution is 7.22. The van der Waals surface area contributed by atoms with Crippen molar-refractivity contribution >= 4 is 38.3 Å². The molecule has 0 atom stereocenters. The van der Waals surface area contributed by atoms with E-state index in [0.29, 0.717) is 30.6 Å². The lowest BCUT2D eigenvalue weighted by Crippen LogP contribution is -2.30. The van der Waals surface area contributed by atoms with E-state index in [4.69, 9.17) is 14.2 Å². The summed E-state index contributed by atoms with van der Waals surface area (Å²) in [6.07, 6.45) is 1.36. The molecule has 0 N–H and O–H groups in total. The zero-order chi connectivity index (χ0) is 18.6. The van der Waals surface area contributed by atoms with Crippen LogP contribution in [0.5, 0.6) is 5.75 Å². The van der Waals surface area contributed by atoms with Crippen LogP contribution in [0.3, 0.4) is 0 Å². The maximum atomic E-state index is 13.2. The number of carbonyl (C=O) groups is 1. The zero-order valence-electron chi connectivity index (χ0n) is 14.8. The van der Waals surface area contributed by atoms with Crippen LogP contribution in [0.15, 0.2) is 60.6 Å². The molecular formula is C20H18N2O4S. The van der Waals surface area contributed by atoms with Crippen LogP contribution in [-0.4, -0.2) is 30.7 Å². The van der Waals surface area contributed by atoms with E-state index in [1.54, 1.807) is 4.90 Å². The number of carbonyl (C=O) groups excluding carboxylic acids is 1. The molecule has 1 amide bonds. The van der Waals surface area contributed by atoms with Crippen molar-refractivity contribution in [2.24, 2.45) is 0 Å². The van der Waals surface area contributed by atoms with Crippen molar-refractivity contribution in [1.29, 1.82) is 0 Å². The third-order valence-electron chi connectivity index (χ3n) is 3.94. The molecule has 0 radical (unpaired) electrons. The van der Waals surface area contributed by atoms with Gasteiger partial charge >= 0.3 is 5.91 Å². The van der Waals surface area contributed by atoms with Crippen LogP contribution in [0.2, 0.25) is 0 Å². The third-order valence-corrected chi connectivity index (χ3v) is 4.96. The van der Waals surface area contributed by atoms with Gasteiger partial charge in [0, 0.05) is 0 Å². The lowest BCUT2D eigenvalue weighted by atomic mass is 10.2. The number of rotatable bonds is 5. The summed E-state index contributed by atoms with van der Waals surface area (Å²) in [7, 11) is 0. The minimum Gasteiger partial charge on any atom is -0.494 e. The Kier molecular flexibility index (Phi) is 4.93. The van der Waals surface area contributed by atoms with Crippen molar-refractivity contribution in [1.82, 2.24) is 4.98 Å². The number of hydrogen-bond acceptors (Lipinski definition) is 6. The maximum Gasteiger partial charge on any atom is 0.302 e. The third kappa shape index (κ3) is 3.59. The Labute approximate surface area is 160 Å². The number of amides is 1. The average molecular weight is 382 g/mol. The number of aromatic nitrogens is 1. The van der Waals surface area contributed by atoms with Crippen molar-refractivity contribution < 1.29 is 19.0 Å². The molecule has 0 spiro atoms. The summed E-state index contributed by atoms with van der Waals surface area (Å²) >= 11 is 1.45. The molecule has 0 saturated carbocycles. The van der Waals surface area contributed by atoms with Gasteiger partial charge < -0.3 is 14.2 Å². The fourth-order valence-electron chi connectivity index (χ4n) is 2.72. The fraction of sp³-hybridized carbons (Fsp3) is 0.200. The standard InChI is InChI=1S/C20H18N2O4S/c1-2-25-15-9-7-14(8-10-15)22(19(23)17-13-24-11-12-26-17)20-21-16-5-3-4-6-18(16)27-20/h3-10,13H,2,11-12H2,1H3. The lowest BCUT2D eigenvalue weighted by molar-refractivity contribution is -0.119. The number of benzene rings is 2. The Bertz CT molecular complexity index is 948. The van der Waals surface area contributed by atoms with Crippen molar-refractivity contribution in [3.63, 3.8) is 0 Å². The van der Waals surface area contributed by atoms with Crippen LogP contribution in [0, 0.1) is 0 Å². The van der Waals surface area contributed by atoms with Gasteiger partial charge in [-0.15, -0.1) is 0 Å². The van der Waals surface area contributed by atoms with Crippen molar-refractivity contribution in [3.05, 3.63) is 60.6 Å². The summed E-state index contributed by atoms with van der Waals surface area (Å²) in [6, 6.07) is 15.1. The second kappa shape index (κ2) is 7.67. The largest absolute Gasteiger partial charge is 0.494 e. The van der Waals surface area contributed by atoms with Crippen LogP contribution in [0.25, 0.3) is 10.2 Å². The van der Waals surface area contributed by atoms with E-state index >= 15 is 0 Å². The van der Waals surface area contributed by atoms with Gasteiger partial charge in [-0.1, -0.05) is 23.5 Å². The molecule has 1 aromatic heterocycles. The second-order valence-electron chi connectivity index (χ2n) is 5.73. The molecule has 138 valence electrons. The molecule has 7 heteroatoms. The van der Waals surface area contributed by atoms with E-state index in [9.17, 15) is 4.79 Å². The maximum absolute atomic E-state index is 13.2. The van der Waals surface area contributed by atoms with Crippen molar-refractivity contribution in [2.75, 3.05) is 24.7 Å². The van der Waals surface area contributed by atoms with E-state index in [0.717, 1.165) is 16.0 Å². The molecule has 4 rings (SSSR count). The number of ether oxygens (including phenoxy) is 3. The highest BCUT2D eigenvalue weighted by atomic mass is 32.1. The molecule has 2 aromatic carbocycles. The van der Waals surface area contributed by atoms with Crippen molar-refractivity contribution in [3.8, 4) is 5.75 Å². The predicted octanol–water partition coefficient (Wildman–Crippen LogP) is 4.25. The Morgan fingerprint density at radius 1 is 1.19 bits per heavy atom. The Balaban J connectivity index is 1.76. The van der Waals surface area contributed by atoms with Gasteiger partial charge in [0.1, 0.15) is 25.2 Å². The van der Waals surface area contributed by atoms with Crippen molar-refractivity contribution in [2.45, 2.75) is 6.92 Å². The molecule has 0 bridgehead atoms. The fourth-order valence-corrected chi connectivity index (χ4v) is 3.70. The molecule has 1 aliphatic heterocycles. The van der Waals surface area contributed by atoms with E-state index in [2.05, 4.69) is 4.98 Å². The molecule has 0 unspecified atom stereocenters. The van der Waals surface area contributed by atoms with E-state index in [1.165, 1.54) is 17.6 Å². The summed E-state index contributed by atoms with van der Waals surface area (Å²) in [4.78, 5) is 19.4. The summed E-state index contributed by atoms with van der Waals surface area (Å²) in [6.45, 7) is 3.28. The van der Waals surface area contributed by atoms with Gasteiger partial charge in [0.05, 0.1) is 22.5 Å². The van der Waals surface area contributed by atoms with E-state index in [1.807, 2.05) is 55.5 Å². The first kappa shape index (κ1) is 17.4. The normalized spacial score (nSPS) is 13.4.